The van der Waals surface area contributed by atoms with Gasteiger partial charge in [0.1, 0.15) is 5.69 Å². The first-order valence-electron chi connectivity index (χ1n) is 11.0. The SMILES string of the molecule is CCCn1c(=O)[nH]c2cc(CN3CCN(c4ccc(C(=O)NC)nc4F)CC3)ccc2c1=O. The van der Waals surface area contributed by atoms with Crippen molar-refractivity contribution in [1.29, 1.82) is 0 Å². The van der Waals surface area contributed by atoms with Gasteiger partial charge >= 0.3 is 5.69 Å². The van der Waals surface area contributed by atoms with E-state index in [1.54, 1.807) is 12.1 Å². The summed E-state index contributed by atoms with van der Waals surface area (Å²) in [4.78, 5) is 47.2. The average molecular weight is 455 g/mol. The lowest BCUT2D eigenvalue weighted by atomic mass is 10.1. The maximum absolute atomic E-state index is 14.5. The van der Waals surface area contributed by atoms with E-state index in [0.29, 0.717) is 62.3 Å². The first-order valence-corrected chi connectivity index (χ1v) is 11.0. The van der Waals surface area contributed by atoms with Crippen LogP contribution in [0.15, 0.2) is 39.9 Å². The number of carbonyl (C=O) groups excluding carboxylic acids is 1. The van der Waals surface area contributed by atoms with Crippen LogP contribution in [0.25, 0.3) is 10.9 Å². The summed E-state index contributed by atoms with van der Waals surface area (Å²) >= 11 is 0. The summed E-state index contributed by atoms with van der Waals surface area (Å²) in [5.74, 6) is -1.08. The molecule has 2 aromatic heterocycles. The van der Waals surface area contributed by atoms with Crippen LogP contribution >= 0.6 is 0 Å². The monoisotopic (exact) mass is 454 g/mol. The Morgan fingerprint density at radius 1 is 1.15 bits per heavy atom. The third-order valence-corrected chi connectivity index (χ3v) is 5.90. The number of anilines is 1. The predicted octanol–water partition coefficient (Wildman–Crippen LogP) is 1.32. The fraction of sp³-hybridized carbons (Fsp3) is 0.391. The smallest absolute Gasteiger partial charge is 0.328 e. The second kappa shape index (κ2) is 9.53. The van der Waals surface area contributed by atoms with Crippen molar-refractivity contribution in [2.75, 3.05) is 38.1 Å². The number of carbonyl (C=O) groups is 1. The molecule has 1 aromatic carbocycles. The molecular formula is C23H27FN6O3. The minimum atomic E-state index is -0.656. The zero-order valence-corrected chi connectivity index (χ0v) is 18.7. The molecule has 0 aliphatic carbocycles. The van der Waals surface area contributed by atoms with Crippen LogP contribution < -0.4 is 21.5 Å². The van der Waals surface area contributed by atoms with Gasteiger partial charge in [-0.25, -0.2) is 9.78 Å². The number of pyridine rings is 1. The quantitative estimate of drug-likeness (QED) is 0.545. The van der Waals surface area contributed by atoms with Gasteiger partial charge < -0.3 is 15.2 Å². The Labute approximate surface area is 189 Å². The average Bonchev–Trinajstić information content (AvgIpc) is 2.81. The number of fused-ring (bicyclic) bond motifs is 1. The van der Waals surface area contributed by atoms with Gasteiger partial charge in [0.2, 0.25) is 5.95 Å². The first kappa shape index (κ1) is 22.7. The van der Waals surface area contributed by atoms with Crippen molar-refractivity contribution in [3.8, 4) is 0 Å². The molecule has 10 heteroatoms. The fourth-order valence-corrected chi connectivity index (χ4v) is 4.15. The molecular weight excluding hydrogens is 427 g/mol. The molecule has 0 saturated carbocycles. The number of benzene rings is 1. The summed E-state index contributed by atoms with van der Waals surface area (Å²) in [5, 5.41) is 2.94. The van der Waals surface area contributed by atoms with E-state index in [0.717, 1.165) is 5.56 Å². The summed E-state index contributed by atoms with van der Waals surface area (Å²) in [6.45, 7) is 5.62. The maximum atomic E-state index is 14.5. The minimum Gasteiger partial charge on any atom is -0.365 e. The van der Waals surface area contributed by atoms with E-state index >= 15 is 0 Å². The van der Waals surface area contributed by atoms with Gasteiger partial charge in [-0.05, 0) is 36.2 Å². The number of piperazine rings is 1. The van der Waals surface area contributed by atoms with E-state index in [-0.39, 0.29) is 11.3 Å². The third-order valence-electron chi connectivity index (χ3n) is 5.90. The Morgan fingerprint density at radius 3 is 2.58 bits per heavy atom. The molecule has 0 atom stereocenters. The predicted molar refractivity (Wildman–Crippen MR) is 124 cm³/mol. The van der Waals surface area contributed by atoms with Crippen molar-refractivity contribution in [3.63, 3.8) is 0 Å². The number of H-pyrrole nitrogens is 1. The Balaban J connectivity index is 1.44. The number of rotatable bonds is 6. The number of nitrogens with zero attached hydrogens (tertiary/aromatic N) is 4. The lowest BCUT2D eigenvalue weighted by Crippen LogP contribution is -2.46. The zero-order chi connectivity index (χ0) is 23.5. The largest absolute Gasteiger partial charge is 0.365 e. The molecule has 174 valence electrons. The van der Waals surface area contributed by atoms with E-state index in [1.165, 1.54) is 17.7 Å². The summed E-state index contributed by atoms with van der Waals surface area (Å²) in [6.07, 6.45) is 0.705. The molecule has 0 unspecified atom stereocenters. The zero-order valence-electron chi connectivity index (χ0n) is 18.7. The molecule has 0 spiro atoms. The van der Waals surface area contributed by atoms with Gasteiger partial charge in [0.05, 0.1) is 16.6 Å². The van der Waals surface area contributed by atoms with Gasteiger partial charge in [-0.15, -0.1) is 0 Å². The maximum Gasteiger partial charge on any atom is 0.328 e. The molecule has 2 N–H and O–H groups in total. The number of aromatic nitrogens is 3. The van der Waals surface area contributed by atoms with E-state index in [4.69, 9.17) is 0 Å². The van der Waals surface area contributed by atoms with Crippen LogP contribution in [0.5, 0.6) is 0 Å². The van der Waals surface area contributed by atoms with E-state index < -0.39 is 17.5 Å². The molecule has 0 radical (unpaired) electrons. The summed E-state index contributed by atoms with van der Waals surface area (Å²) in [6, 6.07) is 8.63. The number of hydrogen-bond donors (Lipinski definition) is 2. The second-order valence-corrected chi connectivity index (χ2v) is 8.12. The molecule has 33 heavy (non-hydrogen) atoms. The molecule has 4 rings (SSSR count). The van der Waals surface area contributed by atoms with E-state index in [1.807, 2.05) is 24.0 Å². The minimum absolute atomic E-state index is 0.0492. The molecule has 1 saturated heterocycles. The number of nitrogens with one attached hydrogen (secondary N) is 2. The molecule has 3 heterocycles. The number of halogens is 1. The lowest BCUT2D eigenvalue weighted by Gasteiger charge is -2.36. The Kier molecular flexibility index (Phi) is 6.55. The molecule has 3 aromatic rings. The van der Waals surface area contributed by atoms with Crippen molar-refractivity contribution >= 4 is 22.5 Å². The number of amides is 1. The highest BCUT2D eigenvalue weighted by atomic mass is 19.1. The summed E-state index contributed by atoms with van der Waals surface area (Å²) in [7, 11) is 1.48. The van der Waals surface area contributed by atoms with E-state index in [2.05, 4.69) is 20.2 Å². The van der Waals surface area contributed by atoms with Crippen LogP contribution in [0.1, 0.15) is 29.4 Å². The van der Waals surface area contributed by atoms with Crippen LogP contribution in [0.4, 0.5) is 10.1 Å². The molecule has 1 aliphatic rings. The van der Waals surface area contributed by atoms with Gasteiger partial charge in [-0.1, -0.05) is 13.0 Å². The fourth-order valence-electron chi connectivity index (χ4n) is 4.15. The Morgan fingerprint density at radius 2 is 1.91 bits per heavy atom. The Bertz CT molecular complexity index is 1290. The van der Waals surface area contributed by atoms with Crippen LogP contribution in [-0.2, 0) is 13.1 Å². The highest BCUT2D eigenvalue weighted by Gasteiger charge is 2.21. The second-order valence-electron chi connectivity index (χ2n) is 8.12. The molecule has 9 nitrogen and oxygen atoms in total. The molecule has 1 aliphatic heterocycles. The van der Waals surface area contributed by atoms with Gasteiger partial charge in [-0.2, -0.15) is 4.39 Å². The van der Waals surface area contributed by atoms with Crippen molar-refractivity contribution in [2.24, 2.45) is 0 Å². The van der Waals surface area contributed by atoms with Crippen molar-refractivity contribution in [1.82, 2.24) is 24.8 Å². The lowest BCUT2D eigenvalue weighted by molar-refractivity contribution is 0.0957. The molecule has 1 amide bonds. The van der Waals surface area contributed by atoms with Gasteiger partial charge in [0, 0.05) is 46.3 Å². The molecule has 1 fully saturated rings. The Hall–Kier alpha value is -3.53. The van der Waals surface area contributed by atoms with Crippen molar-refractivity contribution in [2.45, 2.75) is 26.4 Å². The van der Waals surface area contributed by atoms with Crippen LogP contribution in [0, 0.1) is 5.95 Å². The third kappa shape index (κ3) is 4.65. The standard InChI is InChI=1S/C23H27FN6O3/c1-3-8-30-22(32)16-5-4-15(13-18(16)27-23(30)33)14-28-9-11-29(12-10-28)19-7-6-17(21(31)25-2)26-20(19)24/h4-7,13H,3,8-12,14H2,1-2H3,(H,25,31)(H,27,33). The summed E-state index contributed by atoms with van der Waals surface area (Å²) < 4.78 is 15.7. The van der Waals surface area contributed by atoms with E-state index in [9.17, 15) is 18.8 Å². The van der Waals surface area contributed by atoms with Crippen LogP contribution in [-0.4, -0.2) is 58.6 Å². The normalized spacial score (nSPS) is 14.6. The topological polar surface area (TPSA) is 103 Å². The van der Waals surface area contributed by atoms with Crippen molar-refractivity contribution < 1.29 is 9.18 Å². The highest BCUT2D eigenvalue weighted by molar-refractivity contribution is 5.92. The van der Waals surface area contributed by atoms with Crippen molar-refractivity contribution in [3.05, 3.63) is 68.4 Å². The van der Waals surface area contributed by atoms with Crippen LogP contribution in [0.3, 0.4) is 0 Å². The molecule has 0 bridgehead atoms. The van der Waals surface area contributed by atoms with Gasteiger partial charge in [0.25, 0.3) is 11.5 Å². The number of aromatic amines is 1. The number of hydrogen-bond acceptors (Lipinski definition) is 6. The van der Waals surface area contributed by atoms with Gasteiger partial charge in [0.15, 0.2) is 0 Å². The van der Waals surface area contributed by atoms with Gasteiger partial charge in [-0.3, -0.25) is 19.1 Å². The first-order chi connectivity index (χ1) is 15.9. The highest BCUT2D eigenvalue weighted by Crippen LogP contribution is 2.21. The van der Waals surface area contributed by atoms with Crippen LogP contribution in [0.2, 0.25) is 0 Å². The summed E-state index contributed by atoms with van der Waals surface area (Å²) in [5.41, 5.74) is 1.30.